The largest absolute Gasteiger partial charge is 0.489 e. The van der Waals surface area contributed by atoms with Gasteiger partial charge in [-0.05, 0) is 53.6 Å². The van der Waals surface area contributed by atoms with Crippen molar-refractivity contribution in [3.8, 4) is 5.75 Å². The molecule has 0 saturated heterocycles. The highest BCUT2D eigenvalue weighted by Gasteiger charge is 2.31. The van der Waals surface area contributed by atoms with Gasteiger partial charge in [0.1, 0.15) is 23.9 Å². The Kier molecular flexibility index (Phi) is 5.99. The number of anilines is 1. The van der Waals surface area contributed by atoms with E-state index in [1.54, 1.807) is 12.1 Å². The highest BCUT2D eigenvalue weighted by molar-refractivity contribution is 6.37. The monoisotopic (exact) mass is 448 g/mol. The number of nitrogens with zero attached hydrogens (tertiary/aromatic N) is 2. The van der Waals surface area contributed by atoms with E-state index >= 15 is 0 Å². The maximum atomic E-state index is 13.4. The molecule has 166 valence electrons. The van der Waals surface area contributed by atoms with Crippen LogP contribution < -0.4 is 9.75 Å². The maximum Gasteiger partial charge on any atom is 0.281 e. The lowest BCUT2D eigenvalue weighted by atomic mass is 10.00. The normalized spacial score (nSPS) is 14.4. The Labute approximate surface area is 197 Å². The lowest BCUT2D eigenvalue weighted by Crippen LogP contribution is -2.21. The van der Waals surface area contributed by atoms with Crippen molar-refractivity contribution in [3.63, 3.8) is 0 Å². The molecule has 1 aliphatic heterocycles. The summed E-state index contributed by atoms with van der Waals surface area (Å²) in [5, 5.41) is 6.10. The Morgan fingerprint density at radius 3 is 2.26 bits per heavy atom. The predicted octanol–water partition coefficient (Wildman–Crippen LogP) is 6.24. The lowest BCUT2D eigenvalue weighted by Gasteiger charge is -2.11. The number of carbonyl (C=O) groups is 1. The van der Waals surface area contributed by atoms with E-state index in [2.05, 4.69) is 5.10 Å². The second-order valence-electron chi connectivity index (χ2n) is 7.81. The van der Waals surface area contributed by atoms with Gasteiger partial charge in [0.25, 0.3) is 5.91 Å². The first-order valence-electron chi connectivity index (χ1n) is 10.9. The smallest absolute Gasteiger partial charge is 0.281 e. The molecule has 0 aliphatic carbocycles. The van der Waals surface area contributed by atoms with Gasteiger partial charge in [0.05, 0.1) is 11.3 Å². The molecule has 0 atom stereocenters. The Morgan fingerprint density at radius 1 is 0.824 bits per heavy atom. The van der Waals surface area contributed by atoms with E-state index in [0.717, 1.165) is 16.7 Å². The summed E-state index contributed by atoms with van der Waals surface area (Å²) >= 11 is 0. The van der Waals surface area contributed by atoms with Crippen LogP contribution in [-0.2, 0) is 11.4 Å². The number of hydrogen-bond acceptors (Lipinski definition) is 3. The molecule has 4 aromatic carbocycles. The maximum absolute atomic E-state index is 13.4. The van der Waals surface area contributed by atoms with E-state index in [9.17, 15) is 9.18 Å². The Morgan fingerprint density at radius 2 is 1.53 bits per heavy atom. The van der Waals surface area contributed by atoms with Crippen molar-refractivity contribution >= 4 is 23.4 Å². The van der Waals surface area contributed by atoms with Crippen LogP contribution in [0.4, 0.5) is 10.1 Å². The number of para-hydroxylation sites is 1. The average molecular weight is 448 g/mol. The molecule has 1 amide bonds. The third-order valence-corrected chi connectivity index (χ3v) is 5.41. The molecular formula is C29H21FN2O2. The minimum atomic E-state index is -0.279. The highest BCUT2D eigenvalue weighted by Crippen LogP contribution is 2.28. The first-order valence-corrected chi connectivity index (χ1v) is 10.9. The van der Waals surface area contributed by atoms with E-state index in [4.69, 9.17) is 4.74 Å². The van der Waals surface area contributed by atoms with Gasteiger partial charge < -0.3 is 4.74 Å². The van der Waals surface area contributed by atoms with Crippen molar-refractivity contribution < 1.29 is 13.9 Å². The summed E-state index contributed by atoms with van der Waals surface area (Å²) in [6, 6.07) is 32.8. The van der Waals surface area contributed by atoms with Gasteiger partial charge in [-0.1, -0.05) is 72.8 Å². The minimum Gasteiger partial charge on any atom is -0.489 e. The highest BCUT2D eigenvalue weighted by atomic mass is 19.1. The van der Waals surface area contributed by atoms with Crippen LogP contribution in [0.3, 0.4) is 0 Å². The number of benzene rings is 4. The summed E-state index contributed by atoms with van der Waals surface area (Å²) in [6.45, 7) is 0.317. The van der Waals surface area contributed by atoms with E-state index < -0.39 is 0 Å². The third-order valence-electron chi connectivity index (χ3n) is 5.41. The molecular weight excluding hydrogens is 427 g/mol. The molecule has 1 heterocycles. The Balaban J connectivity index is 1.45. The number of ether oxygens (including phenoxy) is 1. The number of carbonyl (C=O) groups excluding carboxylic acids is 1. The van der Waals surface area contributed by atoms with Gasteiger partial charge in [0.2, 0.25) is 0 Å². The van der Waals surface area contributed by atoms with Crippen LogP contribution in [0.5, 0.6) is 5.75 Å². The number of hydrogen-bond donors (Lipinski definition) is 0. The number of rotatable bonds is 6. The molecule has 4 aromatic rings. The molecule has 0 saturated carbocycles. The fourth-order valence-corrected chi connectivity index (χ4v) is 3.71. The molecule has 0 radical (unpaired) electrons. The van der Waals surface area contributed by atoms with Gasteiger partial charge in [-0.25, -0.2) is 4.39 Å². The molecule has 1 aliphatic rings. The summed E-state index contributed by atoms with van der Waals surface area (Å²) in [5.41, 5.74) is 4.38. The molecule has 4 nitrogen and oxygen atoms in total. The quantitative estimate of drug-likeness (QED) is 0.328. The van der Waals surface area contributed by atoms with Crippen LogP contribution in [-0.4, -0.2) is 11.6 Å². The summed E-state index contributed by atoms with van der Waals surface area (Å²) in [7, 11) is 0. The van der Waals surface area contributed by atoms with Crippen molar-refractivity contribution in [1.82, 2.24) is 0 Å². The molecule has 0 spiro atoms. The summed E-state index contributed by atoms with van der Waals surface area (Å²) in [4.78, 5) is 13.4. The molecule has 34 heavy (non-hydrogen) atoms. The van der Waals surface area contributed by atoms with E-state index in [-0.39, 0.29) is 11.7 Å². The summed E-state index contributed by atoms with van der Waals surface area (Å²) in [6.07, 6.45) is 1.84. The summed E-state index contributed by atoms with van der Waals surface area (Å²) < 4.78 is 19.0. The molecule has 5 rings (SSSR count). The molecule has 5 heteroatoms. The van der Waals surface area contributed by atoms with Crippen molar-refractivity contribution in [2.75, 3.05) is 5.01 Å². The van der Waals surface area contributed by atoms with Gasteiger partial charge in [-0.2, -0.15) is 10.1 Å². The van der Waals surface area contributed by atoms with Gasteiger partial charge in [0.15, 0.2) is 0 Å². The predicted molar refractivity (Wildman–Crippen MR) is 132 cm³/mol. The van der Waals surface area contributed by atoms with Gasteiger partial charge in [-0.15, -0.1) is 0 Å². The molecule has 0 bridgehead atoms. The van der Waals surface area contributed by atoms with Crippen molar-refractivity contribution in [2.45, 2.75) is 6.61 Å². The minimum absolute atomic E-state index is 0.192. The zero-order chi connectivity index (χ0) is 23.3. The van der Waals surface area contributed by atoms with Gasteiger partial charge >= 0.3 is 0 Å². The first kappa shape index (κ1) is 21.3. The summed E-state index contributed by atoms with van der Waals surface area (Å²) in [5.74, 6) is 0.184. The standard InChI is InChI=1S/C29H21FN2O2/c30-24-16-14-21(15-17-24)20-34-26-13-7-8-22(18-26)19-27-28(23-9-3-1-4-10-23)31-32(29(27)33)25-11-5-2-6-12-25/h1-19H,20H2/b27-19+. The first-order chi connectivity index (χ1) is 16.7. The second-order valence-corrected chi connectivity index (χ2v) is 7.81. The van der Waals surface area contributed by atoms with Crippen LogP contribution >= 0.6 is 0 Å². The fourth-order valence-electron chi connectivity index (χ4n) is 3.71. The van der Waals surface area contributed by atoms with E-state index in [0.29, 0.717) is 29.3 Å². The van der Waals surface area contributed by atoms with Crippen molar-refractivity contribution in [1.29, 1.82) is 0 Å². The topological polar surface area (TPSA) is 41.9 Å². The number of halogens is 1. The SMILES string of the molecule is O=C1/C(=C/c2cccc(OCc3ccc(F)cc3)c2)C(c2ccccc2)=NN1c1ccccc1. The van der Waals surface area contributed by atoms with Crippen molar-refractivity contribution in [3.05, 3.63) is 137 Å². The molecule has 0 N–H and O–H groups in total. The van der Waals surface area contributed by atoms with Crippen LogP contribution in [0.15, 0.2) is 120 Å². The Bertz CT molecular complexity index is 1360. The van der Waals surface area contributed by atoms with Crippen LogP contribution in [0.1, 0.15) is 16.7 Å². The zero-order valence-electron chi connectivity index (χ0n) is 18.3. The third kappa shape index (κ3) is 4.64. The molecule has 0 unspecified atom stereocenters. The fraction of sp³-hybridized carbons (Fsp3) is 0.0345. The lowest BCUT2D eigenvalue weighted by molar-refractivity contribution is -0.114. The molecule has 0 aromatic heterocycles. The van der Waals surface area contributed by atoms with Crippen LogP contribution in [0.25, 0.3) is 6.08 Å². The van der Waals surface area contributed by atoms with E-state index in [1.807, 2.05) is 91.0 Å². The van der Waals surface area contributed by atoms with Crippen LogP contribution in [0.2, 0.25) is 0 Å². The van der Waals surface area contributed by atoms with E-state index in [1.165, 1.54) is 17.1 Å². The van der Waals surface area contributed by atoms with Crippen molar-refractivity contribution in [2.24, 2.45) is 5.10 Å². The zero-order valence-corrected chi connectivity index (χ0v) is 18.3. The van der Waals surface area contributed by atoms with Gasteiger partial charge in [-0.3, -0.25) is 4.79 Å². The second kappa shape index (κ2) is 9.55. The molecule has 0 fully saturated rings. The Hall–Kier alpha value is -4.51. The van der Waals surface area contributed by atoms with Gasteiger partial charge in [0, 0.05) is 5.56 Å². The number of amides is 1. The van der Waals surface area contributed by atoms with Crippen LogP contribution in [0, 0.1) is 5.82 Å². The number of hydrazone groups is 1. The average Bonchev–Trinajstić information content (AvgIpc) is 3.21.